The van der Waals surface area contributed by atoms with Crippen molar-refractivity contribution in [3.63, 3.8) is 0 Å². The highest BCUT2D eigenvalue weighted by molar-refractivity contribution is 5.87. The number of ether oxygens (including phenoxy) is 3. The molecule has 0 bridgehead atoms. The van der Waals surface area contributed by atoms with Gasteiger partial charge in [-0.25, -0.2) is 4.79 Å². The Bertz CT molecular complexity index is 1250. The first-order valence-electron chi connectivity index (χ1n) is 12.7. The second-order valence-electron chi connectivity index (χ2n) is 9.66. The number of esters is 1. The van der Waals surface area contributed by atoms with Crippen LogP contribution in [0, 0.1) is 0 Å². The first-order valence-corrected chi connectivity index (χ1v) is 12.7. The van der Waals surface area contributed by atoms with E-state index in [1.807, 2.05) is 19.1 Å². The van der Waals surface area contributed by atoms with Gasteiger partial charge >= 0.3 is 11.6 Å². The van der Waals surface area contributed by atoms with E-state index in [1.165, 1.54) is 29.2 Å². The maximum atomic E-state index is 12.7. The maximum Gasteiger partial charge on any atom is 0.383 e. The Labute approximate surface area is 220 Å². The van der Waals surface area contributed by atoms with E-state index in [0.29, 0.717) is 23.3 Å². The highest BCUT2D eigenvalue weighted by atomic mass is 16.6. The topological polar surface area (TPSA) is 75.0 Å². The van der Waals surface area contributed by atoms with Crippen LogP contribution in [0.5, 0.6) is 17.2 Å². The van der Waals surface area contributed by atoms with Crippen molar-refractivity contribution in [1.29, 1.82) is 0 Å². The summed E-state index contributed by atoms with van der Waals surface area (Å²) >= 11 is 0. The number of allylic oxidation sites excluding steroid dienone is 6. The van der Waals surface area contributed by atoms with Crippen molar-refractivity contribution in [1.82, 2.24) is 0 Å². The lowest BCUT2D eigenvalue weighted by molar-refractivity contribution is -0.132. The summed E-state index contributed by atoms with van der Waals surface area (Å²) in [5.74, 6) is -0.141. The SMILES string of the molecule is CC(=O)Oc1c(OCC=C(C)CCC=C(C)C)c2ccc(OCC=C(C)CCC=C(C)C)cc2oc1=O. The van der Waals surface area contributed by atoms with Crippen molar-refractivity contribution in [2.75, 3.05) is 13.2 Å². The van der Waals surface area contributed by atoms with Crippen LogP contribution in [0.2, 0.25) is 0 Å². The summed E-state index contributed by atoms with van der Waals surface area (Å²) in [5.41, 5.74) is 4.52. The number of fused-ring (bicyclic) bond motifs is 1. The Kier molecular flexibility index (Phi) is 11.9. The van der Waals surface area contributed by atoms with Crippen molar-refractivity contribution in [3.05, 3.63) is 75.2 Å². The molecule has 1 heterocycles. The minimum Gasteiger partial charge on any atom is -0.489 e. The normalized spacial score (nSPS) is 11.8. The Morgan fingerprint density at radius 2 is 1.35 bits per heavy atom. The number of hydrogen-bond donors (Lipinski definition) is 0. The lowest BCUT2D eigenvalue weighted by Gasteiger charge is -2.12. The first kappa shape index (κ1) is 29.7. The van der Waals surface area contributed by atoms with E-state index in [2.05, 4.69) is 46.8 Å². The van der Waals surface area contributed by atoms with E-state index in [1.54, 1.807) is 18.2 Å². The van der Waals surface area contributed by atoms with Gasteiger partial charge in [0, 0.05) is 13.0 Å². The lowest BCUT2D eigenvalue weighted by Crippen LogP contribution is -2.13. The Hall–Kier alpha value is -3.54. The fourth-order valence-corrected chi connectivity index (χ4v) is 3.53. The molecule has 0 spiro atoms. The molecule has 200 valence electrons. The zero-order valence-electron chi connectivity index (χ0n) is 23.2. The van der Waals surface area contributed by atoms with Crippen molar-refractivity contribution in [3.8, 4) is 17.2 Å². The number of rotatable bonds is 13. The van der Waals surface area contributed by atoms with Crippen LogP contribution in [0.15, 0.2) is 74.0 Å². The molecule has 1 aromatic heterocycles. The molecule has 0 amide bonds. The summed E-state index contributed by atoms with van der Waals surface area (Å²) in [7, 11) is 0. The van der Waals surface area contributed by atoms with Crippen molar-refractivity contribution < 1.29 is 23.4 Å². The summed E-state index contributed by atoms with van der Waals surface area (Å²) in [4.78, 5) is 24.3. The number of hydrogen-bond acceptors (Lipinski definition) is 6. The molecule has 0 saturated carbocycles. The van der Waals surface area contributed by atoms with Crippen LogP contribution in [-0.4, -0.2) is 19.2 Å². The molecular weight excluding hydrogens is 468 g/mol. The highest BCUT2D eigenvalue weighted by Crippen LogP contribution is 2.35. The zero-order chi connectivity index (χ0) is 27.4. The van der Waals surface area contributed by atoms with Gasteiger partial charge in [0.1, 0.15) is 24.5 Å². The molecule has 0 aliphatic rings. The third-order valence-electron chi connectivity index (χ3n) is 5.56. The summed E-state index contributed by atoms with van der Waals surface area (Å²) in [6, 6.07) is 5.17. The Morgan fingerprint density at radius 3 is 1.89 bits per heavy atom. The van der Waals surface area contributed by atoms with Gasteiger partial charge < -0.3 is 18.6 Å². The molecule has 0 unspecified atom stereocenters. The molecule has 0 saturated heterocycles. The Morgan fingerprint density at radius 1 is 0.784 bits per heavy atom. The summed E-state index contributed by atoms with van der Waals surface area (Å²) in [6.07, 6.45) is 12.3. The molecule has 2 rings (SSSR count). The number of carbonyl (C=O) groups excluding carboxylic acids is 1. The summed E-state index contributed by atoms with van der Waals surface area (Å²) in [6.45, 7) is 14.3. The third kappa shape index (κ3) is 10.5. The van der Waals surface area contributed by atoms with Crippen LogP contribution < -0.4 is 19.8 Å². The molecule has 6 nitrogen and oxygen atoms in total. The van der Waals surface area contributed by atoms with E-state index in [0.717, 1.165) is 25.7 Å². The largest absolute Gasteiger partial charge is 0.489 e. The highest BCUT2D eigenvalue weighted by Gasteiger charge is 2.20. The average Bonchev–Trinajstić information content (AvgIpc) is 2.80. The second-order valence-corrected chi connectivity index (χ2v) is 9.66. The van der Waals surface area contributed by atoms with Crippen LogP contribution in [0.4, 0.5) is 0 Å². The molecule has 6 heteroatoms. The monoisotopic (exact) mass is 508 g/mol. The predicted molar refractivity (Wildman–Crippen MR) is 150 cm³/mol. The molecule has 1 aromatic carbocycles. The Balaban J connectivity index is 2.22. The molecule has 0 radical (unpaired) electrons. The minimum atomic E-state index is -0.783. The van der Waals surface area contributed by atoms with Crippen LogP contribution >= 0.6 is 0 Å². The minimum absolute atomic E-state index is 0.177. The van der Waals surface area contributed by atoms with Crippen molar-refractivity contribution in [2.24, 2.45) is 0 Å². The first-order chi connectivity index (χ1) is 17.6. The zero-order valence-corrected chi connectivity index (χ0v) is 23.2. The van der Waals surface area contributed by atoms with Gasteiger partial charge in [0.25, 0.3) is 5.75 Å². The molecule has 0 atom stereocenters. The van der Waals surface area contributed by atoms with Gasteiger partial charge in [0.05, 0.1) is 5.39 Å². The van der Waals surface area contributed by atoms with E-state index < -0.39 is 11.6 Å². The van der Waals surface area contributed by atoms with Crippen molar-refractivity contribution >= 4 is 16.9 Å². The molecule has 0 fully saturated rings. The van der Waals surface area contributed by atoms with Crippen LogP contribution in [0.1, 0.15) is 74.1 Å². The van der Waals surface area contributed by atoms with Gasteiger partial charge in [0.2, 0.25) is 0 Å². The average molecular weight is 509 g/mol. The molecule has 0 N–H and O–H groups in total. The second kappa shape index (κ2) is 14.9. The van der Waals surface area contributed by atoms with Gasteiger partial charge in [-0.2, -0.15) is 0 Å². The summed E-state index contributed by atoms with van der Waals surface area (Å²) < 4.78 is 22.4. The number of carbonyl (C=O) groups is 1. The van der Waals surface area contributed by atoms with E-state index in [-0.39, 0.29) is 18.1 Å². The van der Waals surface area contributed by atoms with E-state index in [4.69, 9.17) is 18.6 Å². The van der Waals surface area contributed by atoms with Gasteiger partial charge in [-0.3, -0.25) is 4.79 Å². The van der Waals surface area contributed by atoms with Crippen LogP contribution in [0.25, 0.3) is 11.0 Å². The van der Waals surface area contributed by atoms with Gasteiger partial charge in [-0.1, -0.05) is 34.4 Å². The quantitative estimate of drug-likeness (QED) is 0.156. The van der Waals surface area contributed by atoms with Crippen molar-refractivity contribution in [2.45, 2.75) is 74.1 Å². The standard InChI is InChI=1S/C31H40O6/c1-21(2)10-8-12-23(5)16-18-34-26-14-15-27-28(20-26)37-31(33)30(36-25(7)32)29(27)35-19-17-24(6)13-9-11-22(3)4/h10-11,14-17,20H,8-9,12-13,18-19H2,1-7H3. The number of benzene rings is 1. The van der Waals surface area contributed by atoms with Gasteiger partial charge in [0.15, 0.2) is 5.75 Å². The van der Waals surface area contributed by atoms with Gasteiger partial charge in [-0.05, 0) is 91.5 Å². The van der Waals surface area contributed by atoms with Gasteiger partial charge in [-0.15, -0.1) is 0 Å². The maximum absolute atomic E-state index is 12.7. The molecule has 2 aromatic rings. The smallest absolute Gasteiger partial charge is 0.383 e. The fraction of sp³-hybridized carbons (Fsp3) is 0.419. The van der Waals surface area contributed by atoms with Crippen LogP contribution in [-0.2, 0) is 4.79 Å². The summed E-state index contributed by atoms with van der Waals surface area (Å²) in [5, 5.41) is 0.521. The lowest BCUT2D eigenvalue weighted by atomic mass is 10.1. The molecule has 37 heavy (non-hydrogen) atoms. The molecule has 0 aliphatic heterocycles. The third-order valence-corrected chi connectivity index (χ3v) is 5.56. The molecular formula is C31H40O6. The van der Waals surface area contributed by atoms with E-state index in [9.17, 15) is 9.59 Å². The fourth-order valence-electron chi connectivity index (χ4n) is 3.53. The molecule has 0 aliphatic carbocycles. The predicted octanol–water partition coefficient (Wildman–Crippen LogP) is 7.86. The van der Waals surface area contributed by atoms with Crippen LogP contribution in [0.3, 0.4) is 0 Å². The van der Waals surface area contributed by atoms with E-state index >= 15 is 0 Å².